The molecule has 0 aliphatic rings. The summed E-state index contributed by atoms with van der Waals surface area (Å²) in [5, 5.41) is 2.48. The molecule has 0 N–H and O–H groups in total. The highest BCUT2D eigenvalue weighted by Gasteiger charge is 2.17. The maximum Gasteiger partial charge on any atom is 0.187 e. The number of benzene rings is 5. The average Bonchev–Trinajstić information content (AvgIpc) is 3.69. The number of thiophene rings is 1. The van der Waals surface area contributed by atoms with Crippen molar-refractivity contribution in [2.45, 2.75) is 0 Å². The third kappa shape index (κ3) is 6.53. The molecule has 5 aromatic carbocycles. The van der Waals surface area contributed by atoms with Crippen molar-refractivity contribution in [1.29, 1.82) is 0 Å². The summed E-state index contributed by atoms with van der Waals surface area (Å²) in [6.45, 7) is 7.29. The van der Waals surface area contributed by atoms with Gasteiger partial charge in [0.15, 0.2) is 5.69 Å². The number of hydrogen-bond acceptors (Lipinski definition) is 5. The number of aromatic nitrogens is 4. The highest BCUT2D eigenvalue weighted by Crippen LogP contribution is 2.45. The minimum atomic E-state index is 0.647. The second kappa shape index (κ2) is 14.6. The zero-order valence-corrected chi connectivity index (χ0v) is 31.4. The van der Waals surface area contributed by atoms with Gasteiger partial charge in [0.2, 0.25) is 0 Å². The molecule has 10 rings (SSSR count). The summed E-state index contributed by atoms with van der Waals surface area (Å²) in [5.74, 6) is 0. The van der Waals surface area contributed by atoms with Gasteiger partial charge in [-0.1, -0.05) is 91.0 Å². The smallest absolute Gasteiger partial charge is 0.187 e. The van der Waals surface area contributed by atoms with Gasteiger partial charge < -0.3 is 0 Å². The Morgan fingerprint density at radius 3 is 1.37 bits per heavy atom. The van der Waals surface area contributed by atoms with Gasteiger partial charge in [-0.2, -0.15) is 0 Å². The normalized spacial score (nSPS) is 11.1. The Morgan fingerprint density at radius 1 is 0.386 bits per heavy atom. The fraction of sp³-hybridized carbons (Fsp3) is 0. The predicted octanol–water partition coefficient (Wildman–Crippen LogP) is 13.9. The van der Waals surface area contributed by atoms with Gasteiger partial charge in [-0.3, -0.25) is 15.0 Å². The SMILES string of the molecule is [C-]#[N+]c1ccc(-c2ccc(-c3cccc4c3sc3c(-c5cc(-c6cccnc6)cc(-c6cc(-c7cccnc7)nc(-c7cccnc7)c6)c5)cccc34)cc2)cc1. The fourth-order valence-corrected chi connectivity index (χ4v) is 8.89. The lowest BCUT2D eigenvalue weighted by Crippen LogP contribution is -1.93. The minimum Gasteiger partial charge on any atom is -0.264 e. The quantitative estimate of drug-likeness (QED) is 0.152. The van der Waals surface area contributed by atoms with Crippen molar-refractivity contribution < 1.29 is 0 Å². The molecule has 5 heterocycles. The highest BCUT2D eigenvalue weighted by atomic mass is 32.1. The van der Waals surface area contributed by atoms with Crippen molar-refractivity contribution in [3.63, 3.8) is 0 Å². The number of rotatable bonds is 7. The maximum absolute atomic E-state index is 7.29. The first-order valence-corrected chi connectivity index (χ1v) is 19.4. The van der Waals surface area contributed by atoms with Gasteiger partial charge in [0, 0.05) is 74.0 Å². The first-order valence-electron chi connectivity index (χ1n) is 18.6. The molecule has 5 nitrogen and oxygen atoms in total. The Labute approximate surface area is 334 Å². The molecule has 0 aliphatic heterocycles. The molecule has 0 spiro atoms. The minimum absolute atomic E-state index is 0.647. The van der Waals surface area contributed by atoms with Crippen LogP contribution in [0.25, 0.3) is 103 Å². The van der Waals surface area contributed by atoms with Crippen LogP contribution in [0.1, 0.15) is 0 Å². The van der Waals surface area contributed by atoms with E-state index in [0.29, 0.717) is 5.69 Å². The molecular formula is C51H31N5S. The van der Waals surface area contributed by atoms with Crippen LogP contribution in [0.15, 0.2) is 189 Å². The Hall–Kier alpha value is -7.59. The number of hydrogen-bond donors (Lipinski definition) is 0. The van der Waals surface area contributed by atoms with Crippen LogP contribution in [0.3, 0.4) is 0 Å². The fourth-order valence-electron chi connectivity index (χ4n) is 7.52. The van der Waals surface area contributed by atoms with Crippen LogP contribution < -0.4 is 0 Å². The Bertz CT molecular complexity index is 3040. The van der Waals surface area contributed by atoms with E-state index < -0.39 is 0 Å². The highest BCUT2D eigenvalue weighted by molar-refractivity contribution is 7.26. The molecule has 10 aromatic rings. The number of pyridine rings is 4. The van der Waals surface area contributed by atoms with Crippen molar-refractivity contribution in [3.8, 4) is 78.1 Å². The number of fused-ring (bicyclic) bond motifs is 3. The van der Waals surface area contributed by atoms with E-state index in [-0.39, 0.29) is 0 Å². The maximum atomic E-state index is 7.29. The predicted molar refractivity (Wildman–Crippen MR) is 235 cm³/mol. The molecule has 0 saturated heterocycles. The van der Waals surface area contributed by atoms with E-state index in [1.807, 2.05) is 90.7 Å². The molecule has 0 radical (unpaired) electrons. The molecule has 57 heavy (non-hydrogen) atoms. The molecule has 0 aliphatic carbocycles. The molecule has 0 fully saturated rings. The monoisotopic (exact) mass is 745 g/mol. The average molecular weight is 746 g/mol. The Morgan fingerprint density at radius 2 is 0.842 bits per heavy atom. The summed E-state index contributed by atoms with van der Waals surface area (Å²) in [5.41, 5.74) is 15.4. The molecule has 0 bridgehead atoms. The van der Waals surface area contributed by atoms with E-state index in [4.69, 9.17) is 11.6 Å². The molecule has 0 amide bonds. The second-order valence-electron chi connectivity index (χ2n) is 13.9. The largest absolute Gasteiger partial charge is 0.264 e. The lowest BCUT2D eigenvalue weighted by molar-refractivity contribution is 1.26. The molecule has 266 valence electrons. The molecule has 0 unspecified atom stereocenters. The molecule has 6 heteroatoms. The van der Waals surface area contributed by atoms with Crippen molar-refractivity contribution in [1.82, 2.24) is 19.9 Å². The van der Waals surface area contributed by atoms with Crippen LogP contribution >= 0.6 is 11.3 Å². The summed E-state index contributed by atoms with van der Waals surface area (Å²) >= 11 is 1.85. The van der Waals surface area contributed by atoms with Gasteiger partial charge in [0.1, 0.15) is 0 Å². The van der Waals surface area contributed by atoms with Gasteiger partial charge in [-0.05, 0) is 111 Å². The van der Waals surface area contributed by atoms with E-state index in [2.05, 4.69) is 117 Å². The summed E-state index contributed by atoms with van der Waals surface area (Å²) in [7, 11) is 0. The van der Waals surface area contributed by atoms with Gasteiger partial charge in [0.05, 0.1) is 18.0 Å². The van der Waals surface area contributed by atoms with Gasteiger partial charge in [0.25, 0.3) is 0 Å². The lowest BCUT2D eigenvalue weighted by Gasteiger charge is -2.14. The lowest BCUT2D eigenvalue weighted by atomic mass is 9.92. The van der Waals surface area contributed by atoms with E-state index in [0.717, 1.165) is 61.5 Å². The van der Waals surface area contributed by atoms with Crippen molar-refractivity contribution >= 4 is 37.2 Å². The Kier molecular flexibility index (Phi) is 8.68. The van der Waals surface area contributed by atoms with E-state index in [1.165, 1.54) is 36.9 Å². The topological polar surface area (TPSA) is 55.9 Å². The van der Waals surface area contributed by atoms with Crippen molar-refractivity contribution in [2.75, 3.05) is 0 Å². The van der Waals surface area contributed by atoms with Crippen LogP contribution in [0.5, 0.6) is 0 Å². The number of nitrogens with zero attached hydrogens (tertiary/aromatic N) is 5. The van der Waals surface area contributed by atoms with Gasteiger partial charge in [-0.25, -0.2) is 9.83 Å². The molecule has 0 atom stereocenters. The van der Waals surface area contributed by atoms with Gasteiger partial charge >= 0.3 is 0 Å². The summed E-state index contributed by atoms with van der Waals surface area (Å²) in [6.07, 6.45) is 11.0. The van der Waals surface area contributed by atoms with Crippen molar-refractivity contribution in [3.05, 3.63) is 200 Å². The van der Waals surface area contributed by atoms with Crippen LogP contribution in [0, 0.1) is 6.57 Å². The first kappa shape index (κ1) is 33.9. The first-order chi connectivity index (χ1) is 28.2. The van der Waals surface area contributed by atoms with Gasteiger partial charge in [-0.15, -0.1) is 11.3 Å². The summed E-state index contributed by atoms with van der Waals surface area (Å²) in [6, 6.07) is 53.0. The van der Waals surface area contributed by atoms with E-state index in [9.17, 15) is 0 Å². The van der Waals surface area contributed by atoms with Crippen LogP contribution in [0.2, 0.25) is 0 Å². The Balaban J connectivity index is 1.13. The van der Waals surface area contributed by atoms with E-state index in [1.54, 1.807) is 12.4 Å². The second-order valence-corrected chi connectivity index (χ2v) is 14.9. The van der Waals surface area contributed by atoms with Crippen molar-refractivity contribution in [2.24, 2.45) is 0 Å². The molecule has 5 aromatic heterocycles. The standard InChI is InChI=1S/C51H31N5S/c1-52-43-20-18-34(19-21-43)33-14-16-35(17-15-33)44-10-2-12-46-47-13-3-11-45(51(47)57-50(44)46)42-26-39(36-7-4-22-53-30-36)25-40(27-42)41-28-48(37-8-5-23-54-31-37)56-49(29-41)38-9-6-24-55-32-38/h2-32H. The summed E-state index contributed by atoms with van der Waals surface area (Å²) in [4.78, 5) is 21.9. The van der Waals surface area contributed by atoms with Crippen LogP contribution in [-0.2, 0) is 0 Å². The van der Waals surface area contributed by atoms with E-state index >= 15 is 0 Å². The summed E-state index contributed by atoms with van der Waals surface area (Å²) < 4.78 is 2.50. The third-order valence-electron chi connectivity index (χ3n) is 10.4. The third-order valence-corrected chi connectivity index (χ3v) is 11.7. The molecule has 0 saturated carbocycles. The van der Waals surface area contributed by atoms with Crippen LogP contribution in [-0.4, -0.2) is 19.9 Å². The zero-order chi connectivity index (χ0) is 38.1. The molecular weight excluding hydrogens is 715 g/mol. The van der Waals surface area contributed by atoms with Crippen LogP contribution in [0.4, 0.5) is 5.69 Å². The zero-order valence-electron chi connectivity index (χ0n) is 30.5.